The van der Waals surface area contributed by atoms with Crippen molar-refractivity contribution in [2.75, 3.05) is 0 Å². The highest BCUT2D eigenvalue weighted by molar-refractivity contribution is 5.33. The summed E-state index contributed by atoms with van der Waals surface area (Å²) in [5.74, 6) is 0. The minimum atomic E-state index is 0.867. The molecule has 14 heavy (non-hydrogen) atoms. The van der Waals surface area contributed by atoms with Gasteiger partial charge in [-0.05, 0) is 36.6 Å². The zero-order valence-corrected chi connectivity index (χ0v) is 8.57. The number of rotatable bonds is 2. The molecular formula is C12H14N2. The Bertz CT molecular complexity index is 396. The van der Waals surface area contributed by atoms with Gasteiger partial charge in [0.15, 0.2) is 0 Å². The van der Waals surface area contributed by atoms with Gasteiger partial charge in [0, 0.05) is 12.4 Å². The third-order valence-electron chi connectivity index (χ3n) is 2.52. The lowest BCUT2D eigenvalue weighted by Crippen LogP contribution is -2.03. The molecule has 0 atom stereocenters. The molecule has 0 radical (unpaired) electrons. The summed E-state index contributed by atoms with van der Waals surface area (Å²) in [5, 5.41) is 4.21. The molecule has 0 spiro atoms. The van der Waals surface area contributed by atoms with Gasteiger partial charge >= 0.3 is 0 Å². The number of aromatic nitrogens is 2. The average molecular weight is 186 g/mol. The normalized spacial score (nSPS) is 10.4. The second-order valence-electron chi connectivity index (χ2n) is 3.57. The maximum absolute atomic E-state index is 4.21. The topological polar surface area (TPSA) is 17.8 Å². The molecule has 0 aliphatic carbocycles. The van der Waals surface area contributed by atoms with E-state index >= 15 is 0 Å². The van der Waals surface area contributed by atoms with Crippen LogP contribution >= 0.6 is 0 Å². The van der Waals surface area contributed by atoms with Crippen molar-refractivity contribution in [2.45, 2.75) is 20.4 Å². The number of benzene rings is 1. The summed E-state index contributed by atoms with van der Waals surface area (Å²) < 4.78 is 1.95. The van der Waals surface area contributed by atoms with Crippen molar-refractivity contribution < 1.29 is 0 Å². The minimum absolute atomic E-state index is 0.867. The van der Waals surface area contributed by atoms with Crippen LogP contribution in [0.4, 0.5) is 0 Å². The largest absolute Gasteiger partial charge is 0.268 e. The Labute approximate surface area is 84.2 Å². The van der Waals surface area contributed by atoms with Crippen molar-refractivity contribution >= 4 is 0 Å². The lowest BCUT2D eigenvalue weighted by Gasteiger charge is -2.09. The molecule has 0 amide bonds. The summed E-state index contributed by atoms with van der Waals surface area (Å²) in [5.41, 5.74) is 4.04. The predicted octanol–water partition coefficient (Wildman–Crippen LogP) is 2.55. The molecule has 2 nitrogen and oxygen atoms in total. The van der Waals surface area contributed by atoms with Crippen LogP contribution in [0.2, 0.25) is 0 Å². The summed E-state index contributed by atoms with van der Waals surface area (Å²) in [6.07, 6.45) is 3.81. The monoisotopic (exact) mass is 186 g/mol. The second-order valence-corrected chi connectivity index (χ2v) is 3.57. The zero-order chi connectivity index (χ0) is 9.97. The maximum Gasteiger partial charge on any atom is 0.0664 e. The molecule has 0 fully saturated rings. The first-order valence-electron chi connectivity index (χ1n) is 4.80. The Hall–Kier alpha value is -1.57. The molecule has 0 aliphatic heterocycles. The molecule has 2 aromatic rings. The molecule has 0 saturated carbocycles. The van der Waals surface area contributed by atoms with Crippen LogP contribution in [0, 0.1) is 13.8 Å². The summed E-state index contributed by atoms with van der Waals surface area (Å²) >= 11 is 0. The number of hydrogen-bond donors (Lipinski definition) is 0. The summed E-state index contributed by atoms with van der Waals surface area (Å²) in [4.78, 5) is 0. The highest BCUT2D eigenvalue weighted by Gasteiger charge is 2.02. The van der Waals surface area contributed by atoms with E-state index in [0.717, 1.165) is 6.54 Å². The van der Waals surface area contributed by atoms with Crippen LogP contribution in [0.1, 0.15) is 16.7 Å². The predicted molar refractivity (Wildman–Crippen MR) is 57.2 cm³/mol. The van der Waals surface area contributed by atoms with Crippen LogP contribution in [-0.2, 0) is 6.54 Å². The smallest absolute Gasteiger partial charge is 0.0664 e. The van der Waals surface area contributed by atoms with E-state index < -0.39 is 0 Å². The van der Waals surface area contributed by atoms with Crippen LogP contribution < -0.4 is 0 Å². The fourth-order valence-corrected chi connectivity index (χ4v) is 1.65. The quantitative estimate of drug-likeness (QED) is 0.704. The van der Waals surface area contributed by atoms with Gasteiger partial charge in [-0.15, -0.1) is 0 Å². The SMILES string of the molecule is Cc1cccc(C)c1Cn1cccn1. The lowest BCUT2D eigenvalue weighted by atomic mass is 10.0. The number of aryl methyl sites for hydroxylation is 2. The van der Waals surface area contributed by atoms with E-state index in [1.165, 1.54) is 16.7 Å². The lowest BCUT2D eigenvalue weighted by molar-refractivity contribution is 0.681. The van der Waals surface area contributed by atoms with Gasteiger partial charge in [0.1, 0.15) is 0 Å². The maximum atomic E-state index is 4.21. The van der Waals surface area contributed by atoms with Crippen LogP contribution in [0.25, 0.3) is 0 Å². The van der Waals surface area contributed by atoms with Crippen molar-refractivity contribution in [3.8, 4) is 0 Å². The molecule has 0 saturated heterocycles. The van der Waals surface area contributed by atoms with Crippen molar-refractivity contribution in [3.05, 3.63) is 53.3 Å². The van der Waals surface area contributed by atoms with E-state index in [-0.39, 0.29) is 0 Å². The Balaban J connectivity index is 2.33. The van der Waals surface area contributed by atoms with Gasteiger partial charge in [-0.2, -0.15) is 5.10 Å². The highest BCUT2D eigenvalue weighted by Crippen LogP contribution is 2.14. The Morgan fingerprint density at radius 1 is 1.14 bits per heavy atom. The van der Waals surface area contributed by atoms with Crippen LogP contribution in [0.3, 0.4) is 0 Å². The molecule has 1 aromatic carbocycles. The van der Waals surface area contributed by atoms with Crippen LogP contribution in [0.15, 0.2) is 36.7 Å². The summed E-state index contributed by atoms with van der Waals surface area (Å²) in [6, 6.07) is 8.34. The van der Waals surface area contributed by atoms with E-state index in [1.54, 1.807) is 0 Å². The van der Waals surface area contributed by atoms with Crippen LogP contribution in [0.5, 0.6) is 0 Å². The van der Waals surface area contributed by atoms with E-state index in [0.29, 0.717) is 0 Å². The first-order valence-corrected chi connectivity index (χ1v) is 4.80. The first kappa shape index (κ1) is 9.00. The van der Waals surface area contributed by atoms with Crippen molar-refractivity contribution in [3.63, 3.8) is 0 Å². The second kappa shape index (κ2) is 3.66. The van der Waals surface area contributed by atoms with Gasteiger partial charge in [-0.1, -0.05) is 18.2 Å². The van der Waals surface area contributed by atoms with Crippen molar-refractivity contribution in [2.24, 2.45) is 0 Å². The molecule has 0 bridgehead atoms. The zero-order valence-electron chi connectivity index (χ0n) is 8.57. The van der Waals surface area contributed by atoms with Gasteiger partial charge in [0.05, 0.1) is 6.54 Å². The summed E-state index contributed by atoms with van der Waals surface area (Å²) in [7, 11) is 0. The van der Waals surface area contributed by atoms with Gasteiger partial charge in [-0.3, -0.25) is 4.68 Å². The Morgan fingerprint density at radius 2 is 1.86 bits per heavy atom. The highest BCUT2D eigenvalue weighted by atomic mass is 15.3. The average Bonchev–Trinajstić information content (AvgIpc) is 2.64. The van der Waals surface area contributed by atoms with Gasteiger partial charge in [0.25, 0.3) is 0 Å². The molecule has 1 aromatic heterocycles. The standard InChI is InChI=1S/C12H14N2/c1-10-5-3-6-11(2)12(10)9-14-8-4-7-13-14/h3-8H,9H2,1-2H3. The fourth-order valence-electron chi connectivity index (χ4n) is 1.65. The third-order valence-corrected chi connectivity index (χ3v) is 2.52. The number of hydrogen-bond acceptors (Lipinski definition) is 1. The molecular weight excluding hydrogens is 172 g/mol. The Kier molecular flexibility index (Phi) is 2.35. The van der Waals surface area contributed by atoms with Crippen molar-refractivity contribution in [1.29, 1.82) is 0 Å². The molecule has 72 valence electrons. The van der Waals surface area contributed by atoms with Crippen molar-refractivity contribution in [1.82, 2.24) is 9.78 Å². The number of nitrogens with zero attached hydrogens (tertiary/aromatic N) is 2. The van der Waals surface area contributed by atoms with E-state index in [1.807, 2.05) is 23.1 Å². The third kappa shape index (κ3) is 1.69. The minimum Gasteiger partial charge on any atom is -0.268 e. The van der Waals surface area contributed by atoms with Crippen LogP contribution in [-0.4, -0.2) is 9.78 Å². The fraction of sp³-hybridized carbons (Fsp3) is 0.250. The molecule has 0 aliphatic rings. The molecule has 1 heterocycles. The Morgan fingerprint density at radius 3 is 2.43 bits per heavy atom. The molecule has 0 N–H and O–H groups in total. The summed E-state index contributed by atoms with van der Waals surface area (Å²) in [6.45, 7) is 5.16. The van der Waals surface area contributed by atoms with E-state index in [9.17, 15) is 0 Å². The van der Waals surface area contributed by atoms with Gasteiger partial charge in [0.2, 0.25) is 0 Å². The van der Waals surface area contributed by atoms with Gasteiger partial charge < -0.3 is 0 Å². The van der Waals surface area contributed by atoms with E-state index in [4.69, 9.17) is 0 Å². The van der Waals surface area contributed by atoms with E-state index in [2.05, 4.69) is 37.1 Å². The molecule has 2 heteroatoms. The van der Waals surface area contributed by atoms with Gasteiger partial charge in [-0.25, -0.2) is 0 Å². The molecule has 0 unspecified atom stereocenters. The molecule has 2 rings (SSSR count). The first-order chi connectivity index (χ1) is 6.77.